The number of benzene rings is 1. The molecule has 1 aromatic rings. The minimum absolute atomic E-state index is 0.0233. The fraction of sp³-hybridized carbons (Fsp3) is 0.300. The molecule has 0 aromatic heterocycles. The fourth-order valence-corrected chi connectivity index (χ4v) is 1.02. The van der Waals surface area contributed by atoms with E-state index in [0.717, 1.165) is 0 Å². The molecule has 0 aliphatic rings. The van der Waals surface area contributed by atoms with Gasteiger partial charge in [0, 0.05) is 12.1 Å². The monoisotopic (exact) mass is 214 g/mol. The molecule has 0 aliphatic carbocycles. The molecular weight excluding hydrogens is 204 g/mol. The zero-order valence-corrected chi connectivity index (χ0v) is 8.58. The van der Waals surface area contributed by atoms with Crippen molar-refractivity contribution in [3.8, 4) is 5.75 Å². The smallest absolute Gasteiger partial charge is 0.195 e. The van der Waals surface area contributed by atoms with Gasteiger partial charge in [-0.25, -0.2) is 0 Å². The first-order valence-electron chi connectivity index (χ1n) is 4.11. The number of carbonyl (C=O) groups excluding carboxylic acids is 1. The lowest BCUT2D eigenvalue weighted by molar-refractivity contribution is -0.124. The van der Waals surface area contributed by atoms with E-state index in [9.17, 15) is 4.79 Å². The molecule has 0 N–H and O–H groups in total. The largest absolute Gasteiger partial charge is 0.486 e. The summed E-state index contributed by atoms with van der Waals surface area (Å²) in [6, 6.07) is 6.83. The third kappa shape index (κ3) is 3.77. The summed E-state index contributed by atoms with van der Waals surface area (Å²) < 4.78 is 9.85. The van der Waals surface area contributed by atoms with Gasteiger partial charge < -0.3 is 9.47 Å². The second kappa shape index (κ2) is 5.62. The van der Waals surface area contributed by atoms with E-state index in [-0.39, 0.29) is 19.0 Å². The van der Waals surface area contributed by atoms with Crippen molar-refractivity contribution in [1.29, 1.82) is 0 Å². The van der Waals surface area contributed by atoms with Crippen molar-refractivity contribution in [2.24, 2.45) is 0 Å². The molecule has 0 atom stereocenters. The Morgan fingerprint density at radius 1 is 1.29 bits per heavy atom. The van der Waals surface area contributed by atoms with Crippen LogP contribution in [0.4, 0.5) is 0 Å². The molecule has 0 saturated carbocycles. The Hall–Kier alpha value is -1.06. The fourth-order valence-electron chi connectivity index (χ4n) is 0.897. The molecule has 1 aromatic carbocycles. The normalized spacial score (nSPS) is 9.86. The van der Waals surface area contributed by atoms with Gasteiger partial charge in [-0.2, -0.15) is 0 Å². The summed E-state index contributed by atoms with van der Waals surface area (Å²) in [4.78, 5) is 11.0. The van der Waals surface area contributed by atoms with Gasteiger partial charge in [-0.15, -0.1) is 0 Å². The van der Waals surface area contributed by atoms with Gasteiger partial charge in [0.2, 0.25) is 0 Å². The first-order valence-corrected chi connectivity index (χ1v) is 4.49. The first-order chi connectivity index (χ1) is 6.72. The summed E-state index contributed by atoms with van der Waals surface area (Å²) in [5.74, 6) is 0.529. The van der Waals surface area contributed by atoms with Crippen LogP contribution in [0.3, 0.4) is 0 Å². The van der Waals surface area contributed by atoms with Crippen molar-refractivity contribution in [3.63, 3.8) is 0 Å². The van der Waals surface area contributed by atoms with Gasteiger partial charge >= 0.3 is 0 Å². The van der Waals surface area contributed by atoms with E-state index in [0.29, 0.717) is 10.8 Å². The average molecular weight is 215 g/mol. The Bertz CT molecular complexity index is 295. The quantitative estimate of drug-likeness (QED) is 0.752. The topological polar surface area (TPSA) is 35.5 Å². The molecule has 76 valence electrons. The van der Waals surface area contributed by atoms with E-state index in [4.69, 9.17) is 16.3 Å². The van der Waals surface area contributed by atoms with Crippen LogP contribution in [0, 0.1) is 0 Å². The van der Waals surface area contributed by atoms with Crippen LogP contribution in [0.2, 0.25) is 5.02 Å². The van der Waals surface area contributed by atoms with Crippen LogP contribution in [-0.4, -0.2) is 26.1 Å². The SMILES string of the molecule is COCC(=O)COc1ccc(Cl)cc1. The molecule has 0 bridgehead atoms. The number of ketones is 1. The number of rotatable bonds is 5. The summed E-state index contributed by atoms with van der Waals surface area (Å²) in [5, 5.41) is 0.639. The van der Waals surface area contributed by atoms with Gasteiger partial charge in [0.05, 0.1) is 0 Å². The first kappa shape index (κ1) is 11.0. The van der Waals surface area contributed by atoms with Crippen molar-refractivity contribution in [2.45, 2.75) is 0 Å². The zero-order chi connectivity index (χ0) is 10.4. The maximum absolute atomic E-state index is 11.0. The van der Waals surface area contributed by atoms with E-state index in [1.54, 1.807) is 24.3 Å². The van der Waals surface area contributed by atoms with Crippen LogP contribution in [0.15, 0.2) is 24.3 Å². The van der Waals surface area contributed by atoms with Gasteiger partial charge in [0.25, 0.3) is 0 Å². The number of hydrogen-bond acceptors (Lipinski definition) is 3. The van der Waals surface area contributed by atoms with E-state index in [1.165, 1.54) is 7.11 Å². The van der Waals surface area contributed by atoms with Gasteiger partial charge in [-0.1, -0.05) is 11.6 Å². The molecule has 0 saturated heterocycles. The zero-order valence-electron chi connectivity index (χ0n) is 7.83. The lowest BCUT2D eigenvalue weighted by atomic mass is 10.3. The van der Waals surface area contributed by atoms with Crippen LogP contribution < -0.4 is 4.74 Å². The van der Waals surface area contributed by atoms with Crippen molar-refractivity contribution >= 4 is 17.4 Å². The van der Waals surface area contributed by atoms with Gasteiger partial charge in [0.1, 0.15) is 19.0 Å². The van der Waals surface area contributed by atoms with E-state index in [1.807, 2.05) is 0 Å². The highest BCUT2D eigenvalue weighted by molar-refractivity contribution is 6.30. The Morgan fingerprint density at radius 2 is 1.93 bits per heavy atom. The van der Waals surface area contributed by atoms with Crippen molar-refractivity contribution in [2.75, 3.05) is 20.3 Å². The summed E-state index contributed by atoms with van der Waals surface area (Å²) in [7, 11) is 1.47. The molecule has 0 unspecified atom stereocenters. The Balaban J connectivity index is 2.38. The minimum atomic E-state index is -0.0950. The number of Topliss-reactive ketones (excluding diaryl/α,β-unsaturated/α-hetero) is 1. The van der Waals surface area contributed by atoms with Crippen LogP contribution in [0.1, 0.15) is 0 Å². The predicted molar refractivity (Wildman–Crippen MR) is 53.8 cm³/mol. The van der Waals surface area contributed by atoms with Crippen LogP contribution in [-0.2, 0) is 9.53 Å². The molecule has 0 heterocycles. The second-order valence-electron chi connectivity index (χ2n) is 2.71. The maximum Gasteiger partial charge on any atom is 0.195 e. The van der Waals surface area contributed by atoms with Crippen LogP contribution >= 0.6 is 11.6 Å². The summed E-state index contributed by atoms with van der Waals surface area (Å²) >= 11 is 5.68. The van der Waals surface area contributed by atoms with Gasteiger partial charge in [-0.05, 0) is 24.3 Å². The number of methoxy groups -OCH3 is 1. The minimum Gasteiger partial charge on any atom is -0.486 e. The van der Waals surface area contributed by atoms with Crippen LogP contribution in [0.5, 0.6) is 5.75 Å². The lowest BCUT2D eigenvalue weighted by Crippen LogP contribution is -2.16. The van der Waals surface area contributed by atoms with E-state index < -0.39 is 0 Å². The van der Waals surface area contributed by atoms with Crippen molar-refractivity contribution < 1.29 is 14.3 Å². The number of ether oxygens (including phenoxy) is 2. The Labute approximate surface area is 87.6 Å². The summed E-state index contributed by atoms with van der Waals surface area (Å²) in [6.45, 7) is 0.100. The third-order valence-electron chi connectivity index (χ3n) is 1.52. The predicted octanol–water partition coefficient (Wildman–Crippen LogP) is 1.93. The molecule has 4 heteroatoms. The average Bonchev–Trinajstić information content (AvgIpc) is 2.17. The number of halogens is 1. The standard InChI is InChI=1S/C10H11ClO3/c1-13-6-9(12)7-14-10-4-2-8(11)3-5-10/h2-5H,6-7H2,1H3. The molecular formula is C10H11ClO3. The maximum atomic E-state index is 11.0. The Kier molecular flexibility index (Phi) is 4.43. The van der Waals surface area contributed by atoms with E-state index in [2.05, 4.69) is 4.74 Å². The summed E-state index contributed by atoms with van der Waals surface area (Å²) in [5.41, 5.74) is 0. The third-order valence-corrected chi connectivity index (χ3v) is 1.77. The Morgan fingerprint density at radius 3 is 2.50 bits per heavy atom. The second-order valence-corrected chi connectivity index (χ2v) is 3.15. The molecule has 0 fully saturated rings. The molecule has 0 aliphatic heterocycles. The van der Waals surface area contributed by atoms with Gasteiger partial charge in [-0.3, -0.25) is 4.79 Å². The summed E-state index contributed by atoms with van der Waals surface area (Å²) in [6.07, 6.45) is 0. The molecule has 0 radical (unpaired) electrons. The lowest BCUT2D eigenvalue weighted by Gasteiger charge is -2.04. The van der Waals surface area contributed by atoms with Crippen LogP contribution in [0.25, 0.3) is 0 Å². The highest BCUT2D eigenvalue weighted by atomic mass is 35.5. The molecule has 0 amide bonds. The number of hydrogen-bond donors (Lipinski definition) is 0. The molecule has 1 rings (SSSR count). The molecule has 3 nitrogen and oxygen atoms in total. The molecule has 14 heavy (non-hydrogen) atoms. The van der Waals surface area contributed by atoms with Crippen molar-refractivity contribution in [1.82, 2.24) is 0 Å². The highest BCUT2D eigenvalue weighted by Crippen LogP contribution is 2.15. The number of carbonyl (C=O) groups is 1. The van der Waals surface area contributed by atoms with Gasteiger partial charge in [0.15, 0.2) is 5.78 Å². The van der Waals surface area contributed by atoms with Crippen molar-refractivity contribution in [3.05, 3.63) is 29.3 Å². The van der Waals surface area contributed by atoms with E-state index >= 15 is 0 Å². The molecule has 0 spiro atoms. The highest BCUT2D eigenvalue weighted by Gasteiger charge is 2.01.